The largest absolute Gasteiger partial charge is 0.454 e. The number of amides is 3. The number of imidazole rings is 1. The number of nitrogens with zero attached hydrogens (tertiary/aromatic N) is 6. The Balaban J connectivity index is 1.13. The fraction of sp³-hybridized carbons (Fsp3) is 0.276. The zero-order chi connectivity index (χ0) is 28.0. The Morgan fingerprint density at radius 3 is 2.73 bits per heavy atom. The summed E-state index contributed by atoms with van der Waals surface area (Å²) in [5, 5.41) is 5.98. The number of hydrogen-bond acceptors (Lipinski definition) is 8. The van der Waals surface area contributed by atoms with Gasteiger partial charge in [-0.1, -0.05) is 24.3 Å². The molecule has 1 atom stereocenters. The third kappa shape index (κ3) is 6.21. The van der Waals surface area contributed by atoms with Crippen molar-refractivity contribution in [1.29, 1.82) is 0 Å². The molecule has 4 aromatic rings. The van der Waals surface area contributed by atoms with Crippen LogP contribution in [0.2, 0.25) is 0 Å². The molecule has 3 amide bonds. The predicted octanol–water partition coefficient (Wildman–Crippen LogP) is 2.86. The summed E-state index contributed by atoms with van der Waals surface area (Å²) in [6.07, 6.45) is 7.61. The van der Waals surface area contributed by atoms with Crippen molar-refractivity contribution in [3.8, 4) is 17.4 Å². The summed E-state index contributed by atoms with van der Waals surface area (Å²) < 4.78 is 12.6. The van der Waals surface area contributed by atoms with Crippen molar-refractivity contribution < 1.29 is 19.1 Å². The molecule has 2 aliphatic rings. The Kier molecular flexibility index (Phi) is 7.61. The van der Waals surface area contributed by atoms with Crippen LogP contribution in [0.4, 0.5) is 16.3 Å². The molecule has 2 N–H and O–H groups in total. The standard InChI is InChI=1S/C29H30N8O4/c38-27(31-10-8-21-6-7-24-25(16-21)41-20-40-24)17-23-18-35(29(39)33-22-4-2-1-3-5-22)14-15-37(23)26-9-11-32-28(34-26)36-13-12-30-19-36/h1-7,9,11-13,16,19,23H,8,10,14-15,17-18,20H2,(H,31,38)(H,33,39). The van der Waals surface area contributed by atoms with Gasteiger partial charge < -0.3 is 29.9 Å². The van der Waals surface area contributed by atoms with Crippen molar-refractivity contribution >= 4 is 23.4 Å². The van der Waals surface area contributed by atoms with Gasteiger partial charge in [-0.2, -0.15) is 4.98 Å². The third-order valence-electron chi connectivity index (χ3n) is 7.05. The lowest BCUT2D eigenvalue weighted by molar-refractivity contribution is -0.121. The summed E-state index contributed by atoms with van der Waals surface area (Å²) in [7, 11) is 0. The average molecular weight is 555 g/mol. The lowest BCUT2D eigenvalue weighted by Crippen LogP contribution is -2.57. The topological polar surface area (TPSA) is 127 Å². The fourth-order valence-electron chi connectivity index (χ4n) is 4.97. The van der Waals surface area contributed by atoms with E-state index in [-0.39, 0.29) is 31.2 Å². The number of aromatic nitrogens is 4. The van der Waals surface area contributed by atoms with Crippen LogP contribution in [0.1, 0.15) is 12.0 Å². The molecule has 0 bridgehead atoms. The Labute approximate surface area is 236 Å². The van der Waals surface area contributed by atoms with Crippen LogP contribution in [0, 0.1) is 0 Å². The van der Waals surface area contributed by atoms with Gasteiger partial charge in [-0.05, 0) is 42.3 Å². The number of nitrogens with one attached hydrogen (secondary N) is 2. The molecule has 0 spiro atoms. The summed E-state index contributed by atoms with van der Waals surface area (Å²) >= 11 is 0. The Hall–Kier alpha value is -5.13. The average Bonchev–Trinajstić information content (AvgIpc) is 3.70. The molecule has 2 aromatic carbocycles. The highest BCUT2D eigenvalue weighted by molar-refractivity contribution is 5.89. The van der Waals surface area contributed by atoms with E-state index < -0.39 is 0 Å². The van der Waals surface area contributed by atoms with Crippen molar-refractivity contribution in [3.05, 3.63) is 85.1 Å². The lowest BCUT2D eigenvalue weighted by atomic mass is 10.1. The minimum Gasteiger partial charge on any atom is -0.454 e. The summed E-state index contributed by atoms with van der Waals surface area (Å²) in [5.74, 6) is 2.52. The van der Waals surface area contributed by atoms with Gasteiger partial charge in [0.25, 0.3) is 0 Å². The second-order valence-corrected chi connectivity index (χ2v) is 9.77. The molecule has 2 aromatic heterocycles. The number of fused-ring (bicyclic) bond motifs is 1. The smallest absolute Gasteiger partial charge is 0.321 e. The van der Waals surface area contributed by atoms with Gasteiger partial charge in [0.15, 0.2) is 11.5 Å². The highest BCUT2D eigenvalue weighted by Crippen LogP contribution is 2.32. The maximum Gasteiger partial charge on any atom is 0.321 e. The fourth-order valence-corrected chi connectivity index (χ4v) is 4.97. The first-order valence-electron chi connectivity index (χ1n) is 13.5. The first kappa shape index (κ1) is 26.1. The van der Waals surface area contributed by atoms with E-state index in [1.807, 2.05) is 54.6 Å². The summed E-state index contributed by atoms with van der Waals surface area (Å²) in [4.78, 5) is 43.2. The molecule has 1 fully saturated rings. The number of carbonyl (C=O) groups excluding carboxylic acids is 2. The van der Waals surface area contributed by atoms with Gasteiger partial charge in [0.2, 0.25) is 18.6 Å². The summed E-state index contributed by atoms with van der Waals surface area (Å²) in [6, 6.07) is 16.5. The van der Waals surface area contributed by atoms with Crippen LogP contribution in [0.25, 0.3) is 5.95 Å². The predicted molar refractivity (Wildman–Crippen MR) is 151 cm³/mol. The minimum absolute atomic E-state index is 0.102. The van der Waals surface area contributed by atoms with Gasteiger partial charge in [0, 0.05) is 56.9 Å². The molecular weight excluding hydrogens is 524 g/mol. The van der Waals surface area contributed by atoms with E-state index >= 15 is 0 Å². The summed E-state index contributed by atoms with van der Waals surface area (Å²) in [5.41, 5.74) is 1.77. The van der Waals surface area contributed by atoms with E-state index in [4.69, 9.17) is 14.5 Å². The number of anilines is 2. The SMILES string of the molecule is O=C(CC1CN(C(=O)Nc2ccccc2)CCN1c1ccnc(-n2ccnc2)n1)NCCc1ccc2c(c1)OCO2. The van der Waals surface area contributed by atoms with Crippen LogP contribution in [0.15, 0.2) is 79.5 Å². The van der Waals surface area contributed by atoms with E-state index in [1.54, 1.807) is 34.4 Å². The molecule has 0 radical (unpaired) electrons. The number of piperazine rings is 1. The van der Waals surface area contributed by atoms with Gasteiger partial charge in [-0.15, -0.1) is 0 Å². The van der Waals surface area contributed by atoms with Crippen LogP contribution in [-0.4, -0.2) is 75.4 Å². The quantitative estimate of drug-likeness (QED) is 0.341. The molecule has 1 saturated heterocycles. The molecule has 1 unspecified atom stereocenters. The van der Waals surface area contributed by atoms with E-state index in [0.717, 1.165) is 22.7 Å². The number of carbonyl (C=O) groups is 2. The number of ether oxygens (including phenoxy) is 2. The van der Waals surface area contributed by atoms with Crippen molar-refractivity contribution in [2.75, 3.05) is 43.2 Å². The maximum absolute atomic E-state index is 13.1. The van der Waals surface area contributed by atoms with Gasteiger partial charge in [-0.25, -0.2) is 14.8 Å². The van der Waals surface area contributed by atoms with Crippen molar-refractivity contribution in [3.63, 3.8) is 0 Å². The van der Waals surface area contributed by atoms with Crippen molar-refractivity contribution in [2.24, 2.45) is 0 Å². The second kappa shape index (κ2) is 11.9. The van der Waals surface area contributed by atoms with Gasteiger partial charge >= 0.3 is 6.03 Å². The monoisotopic (exact) mass is 554 g/mol. The first-order chi connectivity index (χ1) is 20.1. The van der Waals surface area contributed by atoms with Gasteiger partial charge in [-0.3, -0.25) is 9.36 Å². The van der Waals surface area contributed by atoms with Crippen LogP contribution in [0.5, 0.6) is 11.5 Å². The molecule has 12 heteroatoms. The third-order valence-corrected chi connectivity index (χ3v) is 7.05. The lowest BCUT2D eigenvalue weighted by Gasteiger charge is -2.41. The van der Waals surface area contributed by atoms with E-state index in [2.05, 4.69) is 25.5 Å². The maximum atomic E-state index is 13.1. The minimum atomic E-state index is -0.290. The Morgan fingerprint density at radius 2 is 1.88 bits per heavy atom. The highest BCUT2D eigenvalue weighted by Gasteiger charge is 2.32. The second-order valence-electron chi connectivity index (χ2n) is 9.77. The van der Waals surface area contributed by atoms with Crippen molar-refractivity contribution in [1.82, 2.24) is 29.7 Å². The Bertz CT molecular complexity index is 1500. The number of benzene rings is 2. The molecule has 41 heavy (non-hydrogen) atoms. The van der Waals surface area contributed by atoms with E-state index in [0.29, 0.717) is 44.4 Å². The highest BCUT2D eigenvalue weighted by atomic mass is 16.7. The summed E-state index contributed by atoms with van der Waals surface area (Å²) in [6.45, 7) is 2.05. The van der Waals surface area contributed by atoms with Gasteiger partial charge in [0.05, 0.1) is 6.04 Å². The first-order valence-corrected chi connectivity index (χ1v) is 13.5. The zero-order valence-electron chi connectivity index (χ0n) is 22.3. The molecule has 4 heterocycles. The molecule has 12 nitrogen and oxygen atoms in total. The molecule has 0 aliphatic carbocycles. The van der Waals surface area contributed by atoms with E-state index in [1.165, 1.54) is 0 Å². The zero-order valence-corrected chi connectivity index (χ0v) is 22.3. The molecular formula is C29H30N8O4. The van der Waals surface area contributed by atoms with Crippen LogP contribution in [0.3, 0.4) is 0 Å². The number of urea groups is 1. The number of rotatable bonds is 8. The number of para-hydroxylation sites is 1. The molecule has 2 aliphatic heterocycles. The Morgan fingerprint density at radius 1 is 1.00 bits per heavy atom. The van der Waals surface area contributed by atoms with Crippen molar-refractivity contribution in [2.45, 2.75) is 18.9 Å². The molecule has 210 valence electrons. The van der Waals surface area contributed by atoms with Gasteiger partial charge in [0.1, 0.15) is 12.1 Å². The number of hydrogen-bond donors (Lipinski definition) is 2. The molecule has 6 rings (SSSR count). The van der Waals surface area contributed by atoms with Crippen LogP contribution < -0.4 is 25.0 Å². The molecule has 0 saturated carbocycles. The van der Waals surface area contributed by atoms with E-state index in [9.17, 15) is 9.59 Å². The van der Waals surface area contributed by atoms with Crippen LogP contribution in [-0.2, 0) is 11.2 Å². The normalized spacial score (nSPS) is 16.0. The van der Waals surface area contributed by atoms with Crippen LogP contribution >= 0.6 is 0 Å².